The molecular weight excluding hydrogens is 448 g/mol. The second-order valence-corrected chi connectivity index (χ2v) is 9.87. The van der Waals surface area contributed by atoms with Gasteiger partial charge >= 0.3 is 0 Å². The van der Waals surface area contributed by atoms with Crippen molar-refractivity contribution in [1.29, 1.82) is 0 Å². The molecule has 1 aromatic heterocycles. The van der Waals surface area contributed by atoms with Crippen molar-refractivity contribution in [2.24, 2.45) is 4.99 Å². The van der Waals surface area contributed by atoms with E-state index in [0.717, 1.165) is 43.1 Å². The van der Waals surface area contributed by atoms with Crippen LogP contribution >= 0.6 is 23.5 Å². The van der Waals surface area contributed by atoms with Crippen LogP contribution in [0.25, 0.3) is 21.8 Å². The Hall–Kier alpha value is -3.42. The summed E-state index contributed by atoms with van der Waals surface area (Å²) >= 11 is 3.06. The maximum Gasteiger partial charge on any atom is 0.269 e. The lowest BCUT2D eigenvalue weighted by molar-refractivity contribution is -0.121. The van der Waals surface area contributed by atoms with E-state index in [-0.39, 0.29) is 5.91 Å². The fourth-order valence-electron chi connectivity index (χ4n) is 4.23. The molecule has 162 valence electrons. The largest absolute Gasteiger partial charge is 0.355 e. The zero-order valence-electron chi connectivity index (χ0n) is 17.9. The number of carbonyl (C=O) groups is 1. The van der Waals surface area contributed by atoms with Gasteiger partial charge in [0, 0.05) is 40.3 Å². The van der Waals surface area contributed by atoms with Crippen molar-refractivity contribution in [2.45, 2.75) is 4.90 Å². The topological polar surface area (TPSA) is 51.7 Å². The first-order valence-electron chi connectivity index (χ1n) is 10.6. The van der Waals surface area contributed by atoms with E-state index in [9.17, 15) is 4.79 Å². The van der Waals surface area contributed by atoms with E-state index in [1.54, 1.807) is 22.7 Å². The van der Waals surface area contributed by atoms with E-state index in [0.29, 0.717) is 16.6 Å². The summed E-state index contributed by atoms with van der Waals surface area (Å²) in [5, 5.41) is 3.90. The second kappa shape index (κ2) is 7.86. The number of nitrogens with zero attached hydrogens (tertiary/aromatic N) is 3. The first-order valence-corrected chi connectivity index (χ1v) is 12.2. The van der Waals surface area contributed by atoms with Gasteiger partial charge in [-0.15, -0.1) is 6.58 Å². The van der Waals surface area contributed by atoms with Gasteiger partial charge in [-0.2, -0.15) is 0 Å². The van der Waals surface area contributed by atoms with Gasteiger partial charge in [0.1, 0.15) is 4.91 Å². The van der Waals surface area contributed by atoms with Crippen LogP contribution in [0.3, 0.4) is 0 Å². The van der Waals surface area contributed by atoms with Gasteiger partial charge in [-0.3, -0.25) is 9.69 Å². The van der Waals surface area contributed by atoms with Crippen molar-refractivity contribution in [3.05, 3.63) is 89.3 Å². The number of carbonyl (C=O) groups excluding carboxylic acids is 1. The standard InChI is InChI=1S/C26H20N4OS2/c1-3-14-30-24(31)23(25-29(2)21-10-6-7-11-22(21)32-25)33-26(30)27-16-12-13-20-18(15-16)17-8-4-5-9-19(17)28-20/h3-13,15,28H,1,14H2,2H3/b25-23-,27-26?. The van der Waals surface area contributed by atoms with Crippen molar-refractivity contribution >= 4 is 67.8 Å². The minimum atomic E-state index is -0.0334. The van der Waals surface area contributed by atoms with Crippen LogP contribution in [-0.4, -0.2) is 34.6 Å². The Bertz CT molecular complexity index is 1520. The number of thioether (sulfide) groups is 2. The normalized spacial score (nSPS) is 19.3. The summed E-state index contributed by atoms with van der Waals surface area (Å²) in [6.45, 7) is 4.26. The quantitative estimate of drug-likeness (QED) is 0.276. The molecule has 2 aliphatic rings. The number of fused-ring (bicyclic) bond motifs is 4. The van der Waals surface area contributed by atoms with Crippen LogP contribution in [0.4, 0.5) is 11.4 Å². The summed E-state index contributed by atoms with van der Waals surface area (Å²) in [6.07, 6.45) is 1.74. The number of aromatic nitrogens is 1. The summed E-state index contributed by atoms with van der Waals surface area (Å²) in [5.74, 6) is -0.0334. The van der Waals surface area contributed by atoms with Gasteiger partial charge in [0.15, 0.2) is 5.17 Å². The Morgan fingerprint density at radius 2 is 1.79 bits per heavy atom. The molecule has 0 unspecified atom stereocenters. The summed E-state index contributed by atoms with van der Waals surface area (Å²) in [5.41, 5.74) is 4.11. The zero-order valence-corrected chi connectivity index (χ0v) is 19.5. The SMILES string of the molecule is C=CCN1C(=O)/C(=C2/Sc3ccccc3N2C)SC1=Nc1ccc2[nH]c3ccccc3c2c1. The highest BCUT2D eigenvalue weighted by molar-refractivity contribution is 8.19. The first-order chi connectivity index (χ1) is 16.1. The number of amides is 1. The molecule has 33 heavy (non-hydrogen) atoms. The van der Waals surface area contributed by atoms with Gasteiger partial charge in [0.05, 0.1) is 16.4 Å². The van der Waals surface area contributed by atoms with Crippen LogP contribution < -0.4 is 4.90 Å². The summed E-state index contributed by atoms with van der Waals surface area (Å²) in [6, 6.07) is 22.6. The molecule has 4 aromatic rings. The molecule has 1 saturated heterocycles. The fourth-order valence-corrected chi connectivity index (χ4v) is 6.58. The van der Waals surface area contributed by atoms with Gasteiger partial charge in [-0.25, -0.2) is 4.99 Å². The number of amidine groups is 1. The number of H-pyrrole nitrogens is 1. The van der Waals surface area contributed by atoms with Crippen molar-refractivity contribution in [3.8, 4) is 0 Å². The zero-order chi connectivity index (χ0) is 22.5. The molecule has 1 amide bonds. The molecule has 7 heteroatoms. The molecule has 0 saturated carbocycles. The number of anilines is 1. The molecule has 5 nitrogen and oxygen atoms in total. The molecule has 6 rings (SSSR count). The second-order valence-electron chi connectivity index (χ2n) is 7.86. The molecule has 1 fully saturated rings. The molecule has 0 atom stereocenters. The number of nitrogens with one attached hydrogen (secondary N) is 1. The number of aromatic amines is 1. The van der Waals surface area contributed by atoms with E-state index in [4.69, 9.17) is 4.99 Å². The average molecular weight is 469 g/mol. The molecule has 0 aliphatic carbocycles. The van der Waals surface area contributed by atoms with Gasteiger partial charge in [-0.1, -0.05) is 48.2 Å². The smallest absolute Gasteiger partial charge is 0.269 e. The summed E-state index contributed by atoms with van der Waals surface area (Å²) in [7, 11) is 2.01. The Balaban J connectivity index is 1.42. The van der Waals surface area contributed by atoms with Gasteiger partial charge < -0.3 is 9.88 Å². The third kappa shape index (κ3) is 3.27. The van der Waals surface area contributed by atoms with Crippen LogP contribution in [0.2, 0.25) is 0 Å². The monoisotopic (exact) mass is 468 g/mol. The molecule has 1 N–H and O–H groups in total. The van der Waals surface area contributed by atoms with E-state index in [1.165, 1.54) is 11.8 Å². The van der Waals surface area contributed by atoms with Crippen LogP contribution in [-0.2, 0) is 4.79 Å². The number of aliphatic imine (C=N–C) groups is 1. The summed E-state index contributed by atoms with van der Waals surface area (Å²) in [4.78, 5) is 27.4. The molecular formula is C26H20N4OS2. The first kappa shape index (κ1) is 20.2. The lowest BCUT2D eigenvalue weighted by atomic mass is 10.1. The van der Waals surface area contributed by atoms with E-state index in [1.807, 2.05) is 43.4 Å². The number of rotatable bonds is 3. The maximum atomic E-state index is 13.4. The van der Waals surface area contributed by atoms with Crippen molar-refractivity contribution in [2.75, 3.05) is 18.5 Å². The Labute approximate surface area is 199 Å². The average Bonchev–Trinajstić information content (AvgIpc) is 3.47. The minimum absolute atomic E-state index is 0.0334. The van der Waals surface area contributed by atoms with E-state index in [2.05, 4.69) is 46.8 Å². The summed E-state index contributed by atoms with van der Waals surface area (Å²) < 4.78 is 0. The van der Waals surface area contributed by atoms with Crippen LogP contribution in [0.5, 0.6) is 0 Å². The van der Waals surface area contributed by atoms with Crippen LogP contribution in [0, 0.1) is 0 Å². The van der Waals surface area contributed by atoms with Crippen molar-refractivity contribution < 1.29 is 4.79 Å². The highest BCUT2D eigenvalue weighted by atomic mass is 32.2. The lowest BCUT2D eigenvalue weighted by Crippen LogP contribution is -2.29. The molecule has 0 spiro atoms. The molecule has 3 aromatic carbocycles. The Kier molecular flexibility index (Phi) is 4.81. The molecule has 0 radical (unpaired) electrons. The Morgan fingerprint density at radius 1 is 1.00 bits per heavy atom. The predicted molar refractivity (Wildman–Crippen MR) is 140 cm³/mol. The van der Waals surface area contributed by atoms with Crippen LogP contribution in [0.1, 0.15) is 0 Å². The fraction of sp³-hybridized carbons (Fsp3) is 0.0769. The van der Waals surface area contributed by atoms with Crippen molar-refractivity contribution in [3.63, 3.8) is 0 Å². The van der Waals surface area contributed by atoms with Crippen molar-refractivity contribution in [1.82, 2.24) is 9.88 Å². The maximum absolute atomic E-state index is 13.4. The molecule has 0 bridgehead atoms. The predicted octanol–water partition coefficient (Wildman–Crippen LogP) is 6.48. The molecule has 3 heterocycles. The lowest BCUT2D eigenvalue weighted by Gasteiger charge is -2.15. The number of para-hydroxylation sites is 2. The molecule has 2 aliphatic heterocycles. The van der Waals surface area contributed by atoms with Gasteiger partial charge in [-0.05, 0) is 48.2 Å². The number of hydrogen-bond donors (Lipinski definition) is 1. The third-order valence-electron chi connectivity index (χ3n) is 5.82. The Morgan fingerprint density at radius 3 is 2.64 bits per heavy atom. The number of benzene rings is 3. The highest BCUT2D eigenvalue weighted by Crippen LogP contribution is 2.50. The van der Waals surface area contributed by atoms with E-state index >= 15 is 0 Å². The van der Waals surface area contributed by atoms with Gasteiger partial charge in [0.2, 0.25) is 0 Å². The minimum Gasteiger partial charge on any atom is -0.355 e. The third-order valence-corrected chi connectivity index (χ3v) is 8.25. The van der Waals surface area contributed by atoms with Gasteiger partial charge in [0.25, 0.3) is 5.91 Å². The number of hydrogen-bond acceptors (Lipinski definition) is 5. The highest BCUT2D eigenvalue weighted by Gasteiger charge is 2.38. The van der Waals surface area contributed by atoms with E-state index < -0.39 is 0 Å². The van der Waals surface area contributed by atoms with Crippen LogP contribution in [0.15, 0.2) is 99.2 Å².